The minimum atomic E-state index is -3.60. The van der Waals surface area contributed by atoms with Crippen LogP contribution in [0, 0.1) is 5.92 Å². The summed E-state index contributed by atoms with van der Waals surface area (Å²) in [5, 5.41) is 3.70. The zero-order chi connectivity index (χ0) is 21.1. The Morgan fingerprint density at radius 2 is 1.57 bits per heavy atom. The largest absolute Gasteiger partial charge is 0.349 e. The van der Waals surface area contributed by atoms with Crippen LogP contribution in [0.3, 0.4) is 0 Å². The van der Waals surface area contributed by atoms with Crippen molar-refractivity contribution < 1.29 is 13.2 Å². The molecule has 28 heavy (non-hydrogen) atoms. The number of hydrogen-bond donors (Lipinski definition) is 1. The molecular weight excluding hydrogens is 419 g/mol. The average molecular weight is 443 g/mol. The molecule has 0 fully saturated rings. The summed E-state index contributed by atoms with van der Waals surface area (Å²) < 4.78 is 25.9. The van der Waals surface area contributed by atoms with E-state index in [2.05, 4.69) is 5.32 Å². The van der Waals surface area contributed by atoms with Gasteiger partial charge in [-0.25, -0.2) is 8.42 Å². The highest BCUT2D eigenvalue weighted by molar-refractivity contribution is 7.92. The molecule has 8 heteroatoms. The maximum atomic E-state index is 12.4. The average Bonchev–Trinajstić information content (AvgIpc) is 2.60. The number of rotatable bonds is 7. The van der Waals surface area contributed by atoms with Crippen molar-refractivity contribution in [3.8, 4) is 0 Å². The van der Waals surface area contributed by atoms with Gasteiger partial charge >= 0.3 is 0 Å². The van der Waals surface area contributed by atoms with E-state index in [1.165, 1.54) is 4.31 Å². The molecule has 1 atom stereocenters. The minimum Gasteiger partial charge on any atom is -0.349 e. The molecule has 2 aromatic carbocycles. The maximum Gasteiger partial charge on any atom is 0.251 e. The predicted molar refractivity (Wildman–Crippen MR) is 116 cm³/mol. The third-order valence-electron chi connectivity index (χ3n) is 4.54. The van der Waals surface area contributed by atoms with Gasteiger partial charge in [-0.05, 0) is 49.2 Å². The van der Waals surface area contributed by atoms with Gasteiger partial charge in [-0.3, -0.25) is 9.10 Å². The van der Waals surface area contributed by atoms with Crippen LogP contribution in [0.1, 0.15) is 36.7 Å². The third-order valence-corrected chi connectivity index (χ3v) is 6.39. The van der Waals surface area contributed by atoms with Crippen molar-refractivity contribution in [2.45, 2.75) is 33.4 Å². The Hall–Kier alpha value is -1.76. The van der Waals surface area contributed by atoms with Crippen molar-refractivity contribution in [2.75, 3.05) is 10.6 Å². The number of halogens is 2. The molecule has 0 bridgehead atoms. The van der Waals surface area contributed by atoms with Gasteiger partial charge in [-0.15, -0.1) is 0 Å². The SMILES string of the molecule is CC(C)[C@@H](C)NC(=O)c1ccc(N(Cc2c(Cl)cccc2Cl)S(C)(=O)=O)cc1. The number of benzene rings is 2. The Labute approximate surface area is 176 Å². The number of hydrogen-bond acceptors (Lipinski definition) is 3. The summed E-state index contributed by atoms with van der Waals surface area (Å²) in [5.74, 6) is 0.108. The van der Waals surface area contributed by atoms with Gasteiger partial charge in [0.2, 0.25) is 10.0 Å². The zero-order valence-electron chi connectivity index (χ0n) is 16.2. The lowest BCUT2D eigenvalue weighted by atomic mass is 10.1. The molecule has 5 nitrogen and oxygen atoms in total. The van der Waals surface area contributed by atoms with Gasteiger partial charge in [0.05, 0.1) is 18.5 Å². The van der Waals surface area contributed by atoms with E-state index < -0.39 is 10.0 Å². The molecule has 0 aliphatic heterocycles. The first-order valence-corrected chi connectivity index (χ1v) is 11.4. The molecule has 0 radical (unpaired) electrons. The Bertz CT molecular complexity index is 924. The quantitative estimate of drug-likeness (QED) is 0.673. The molecule has 0 saturated heterocycles. The first kappa shape index (κ1) is 22.5. The van der Waals surface area contributed by atoms with E-state index in [0.29, 0.717) is 32.8 Å². The molecule has 0 heterocycles. The van der Waals surface area contributed by atoms with E-state index in [9.17, 15) is 13.2 Å². The van der Waals surface area contributed by atoms with E-state index in [4.69, 9.17) is 23.2 Å². The van der Waals surface area contributed by atoms with Crippen LogP contribution in [0.2, 0.25) is 10.0 Å². The molecule has 152 valence electrons. The van der Waals surface area contributed by atoms with Gasteiger partial charge in [0.15, 0.2) is 0 Å². The summed E-state index contributed by atoms with van der Waals surface area (Å²) in [7, 11) is -3.60. The molecule has 0 aromatic heterocycles. The standard InChI is InChI=1S/C20H24Cl2N2O3S/c1-13(2)14(3)23-20(25)15-8-10-16(11-9-15)24(28(4,26)27)12-17-18(21)6-5-7-19(17)22/h5-11,13-14H,12H2,1-4H3,(H,23,25)/t14-/m1/s1. The molecule has 0 saturated carbocycles. The second-order valence-corrected chi connectivity index (χ2v) is 9.74. The number of carbonyl (C=O) groups is 1. The monoisotopic (exact) mass is 442 g/mol. The van der Waals surface area contributed by atoms with E-state index in [1.54, 1.807) is 42.5 Å². The van der Waals surface area contributed by atoms with Gasteiger partial charge in [-0.1, -0.05) is 43.1 Å². The number of anilines is 1. The summed E-state index contributed by atoms with van der Waals surface area (Å²) >= 11 is 12.4. The highest BCUT2D eigenvalue weighted by Crippen LogP contribution is 2.29. The molecule has 0 aliphatic carbocycles. The number of nitrogens with one attached hydrogen (secondary N) is 1. The minimum absolute atomic E-state index is 0.00668. The van der Waals surface area contributed by atoms with Crippen LogP contribution in [0.25, 0.3) is 0 Å². The Morgan fingerprint density at radius 3 is 2.04 bits per heavy atom. The third kappa shape index (κ3) is 5.63. The van der Waals surface area contributed by atoms with Gasteiger partial charge < -0.3 is 5.32 Å². The fourth-order valence-electron chi connectivity index (χ4n) is 2.46. The van der Waals surface area contributed by atoms with E-state index in [1.807, 2.05) is 20.8 Å². The van der Waals surface area contributed by atoms with Gasteiger partial charge in [0.1, 0.15) is 0 Å². The number of carbonyl (C=O) groups excluding carboxylic acids is 1. The van der Waals surface area contributed by atoms with Crippen molar-refractivity contribution >= 4 is 44.8 Å². The van der Waals surface area contributed by atoms with E-state index >= 15 is 0 Å². The van der Waals surface area contributed by atoms with Crippen LogP contribution in [-0.4, -0.2) is 26.6 Å². The van der Waals surface area contributed by atoms with Gasteiger partial charge in [-0.2, -0.15) is 0 Å². The van der Waals surface area contributed by atoms with Crippen LogP contribution in [0.4, 0.5) is 5.69 Å². The number of amides is 1. The molecule has 2 rings (SSSR count). The van der Waals surface area contributed by atoms with Crippen molar-refractivity contribution in [3.05, 3.63) is 63.6 Å². The summed E-state index contributed by atoms with van der Waals surface area (Å²) in [6.07, 6.45) is 1.11. The normalized spacial score (nSPS) is 12.7. The number of nitrogens with zero attached hydrogens (tertiary/aromatic N) is 1. The van der Waals surface area contributed by atoms with Crippen LogP contribution in [0.15, 0.2) is 42.5 Å². The molecule has 2 aromatic rings. The maximum absolute atomic E-state index is 12.4. The molecule has 0 aliphatic rings. The molecule has 0 spiro atoms. The smallest absolute Gasteiger partial charge is 0.251 e. The van der Waals surface area contributed by atoms with Crippen molar-refractivity contribution in [2.24, 2.45) is 5.92 Å². The molecule has 0 unspecified atom stereocenters. The summed E-state index contributed by atoms with van der Waals surface area (Å²) in [5.41, 5.74) is 1.40. The van der Waals surface area contributed by atoms with E-state index in [-0.39, 0.29) is 18.5 Å². The zero-order valence-corrected chi connectivity index (χ0v) is 18.6. The first-order valence-electron chi connectivity index (χ1n) is 8.82. The van der Waals surface area contributed by atoms with Crippen LogP contribution >= 0.6 is 23.2 Å². The lowest BCUT2D eigenvalue weighted by Crippen LogP contribution is -2.36. The lowest BCUT2D eigenvalue weighted by molar-refractivity contribution is 0.0930. The second kappa shape index (κ2) is 9.16. The molecule has 1 N–H and O–H groups in total. The van der Waals surface area contributed by atoms with Crippen LogP contribution < -0.4 is 9.62 Å². The van der Waals surface area contributed by atoms with Crippen molar-refractivity contribution in [3.63, 3.8) is 0 Å². The summed E-state index contributed by atoms with van der Waals surface area (Å²) in [6, 6.07) is 11.4. The summed E-state index contributed by atoms with van der Waals surface area (Å²) in [4.78, 5) is 12.3. The second-order valence-electron chi connectivity index (χ2n) is 7.02. The van der Waals surface area contributed by atoms with Gasteiger partial charge in [0, 0.05) is 27.2 Å². The first-order chi connectivity index (χ1) is 13.0. The fourth-order valence-corrected chi connectivity index (χ4v) is 3.85. The fraction of sp³-hybridized carbons (Fsp3) is 0.350. The molecule has 1 amide bonds. The topological polar surface area (TPSA) is 66.5 Å². The predicted octanol–water partition coefficient (Wildman–Crippen LogP) is 4.73. The van der Waals surface area contributed by atoms with E-state index in [0.717, 1.165) is 6.26 Å². The van der Waals surface area contributed by atoms with Crippen LogP contribution in [-0.2, 0) is 16.6 Å². The Morgan fingerprint density at radius 1 is 1.04 bits per heavy atom. The Balaban J connectivity index is 2.30. The summed E-state index contributed by atoms with van der Waals surface area (Å²) in [6.45, 7) is 5.98. The lowest BCUT2D eigenvalue weighted by Gasteiger charge is -2.24. The molecular formula is C20H24Cl2N2O3S. The Kier molecular flexibility index (Phi) is 7.37. The van der Waals surface area contributed by atoms with Crippen molar-refractivity contribution in [1.29, 1.82) is 0 Å². The van der Waals surface area contributed by atoms with Crippen molar-refractivity contribution in [1.82, 2.24) is 5.32 Å². The van der Waals surface area contributed by atoms with Gasteiger partial charge in [0.25, 0.3) is 5.91 Å². The highest BCUT2D eigenvalue weighted by atomic mass is 35.5. The number of sulfonamides is 1. The highest BCUT2D eigenvalue weighted by Gasteiger charge is 2.21. The van der Waals surface area contributed by atoms with Crippen LogP contribution in [0.5, 0.6) is 0 Å².